The predicted octanol–water partition coefficient (Wildman–Crippen LogP) is 2.19. The van der Waals surface area contributed by atoms with Gasteiger partial charge in [-0.1, -0.05) is 0 Å². The van der Waals surface area contributed by atoms with Crippen LogP contribution in [0.5, 0.6) is 0 Å². The van der Waals surface area contributed by atoms with E-state index in [9.17, 15) is 18.4 Å². The first-order valence-corrected chi connectivity index (χ1v) is 5.68. The number of hydrogen-bond acceptors (Lipinski definition) is 3. The molecule has 0 bridgehead atoms. The number of furan rings is 1. The molecule has 1 atom stereocenters. The van der Waals surface area contributed by atoms with Gasteiger partial charge >= 0.3 is 5.97 Å². The number of aliphatic carboxylic acids is 1. The highest BCUT2D eigenvalue weighted by molar-refractivity contribution is 9.10. The second-order valence-electron chi connectivity index (χ2n) is 3.55. The lowest BCUT2D eigenvalue weighted by molar-refractivity contribution is -0.140. The van der Waals surface area contributed by atoms with Gasteiger partial charge in [-0.05, 0) is 28.9 Å². The van der Waals surface area contributed by atoms with Crippen molar-refractivity contribution in [3.8, 4) is 0 Å². The van der Waals surface area contributed by atoms with Gasteiger partial charge in [-0.3, -0.25) is 4.79 Å². The molecule has 0 aromatic carbocycles. The highest BCUT2D eigenvalue weighted by Crippen LogP contribution is 2.19. The molecule has 0 aliphatic carbocycles. The summed E-state index contributed by atoms with van der Waals surface area (Å²) in [5.74, 6) is -2.47. The lowest BCUT2D eigenvalue weighted by atomic mass is 10.2. The molecular weight excluding hydrogens is 316 g/mol. The van der Waals surface area contributed by atoms with Crippen molar-refractivity contribution in [2.24, 2.45) is 0 Å². The summed E-state index contributed by atoms with van der Waals surface area (Å²) in [5, 5.41) is 10.7. The fourth-order valence-electron chi connectivity index (χ4n) is 1.29. The molecule has 1 unspecified atom stereocenters. The smallest absolute Gasteiger partial charge is 0.326 e. The molecule has 1 rings (SSSR count). The molecule has 0 saturated heterocycles. The van der Waals surface area contributed by atoms with Crippen molar-refractivity contribution in [1.29, 1.82) is 0 Å². The van der Waals surface area contributed by atoms with Crippen LogP contribution in [0.4, 0.5) is 8.78 Å². The first kappa shape index (κ1) is 14.6. The van der Waals surface area contributed by atoms with Crippen molar-refractivity contribution < 1.29 is 27.9 Å². The Kier molecular flexibility index (Phi) is 4.83. The lowest BCUT2D eigenvalue weighted by Crippen LogP contribution is -2.42. The predicted molar refractivity (Wildman–Crippen MR) is 60.7 cm³/mol. The number of carbonyl (C=O) groups excluding carboxylic acids is 1. The molecule has 1 aromatic heterocycles. The Morgan fingerprint density at radius 3 is 2.56 bits per heavy atom. The van der Waals surface area contributed by atoms with Crippen LogP contribution in [0.1, 0.15) is 22.5 Å². The van der Waals surface area contributed by atoms with Crippen LogP contribution in [0.15, 0.2) is 15.2 Å². The van der Waals surface area contributed by atoms with E-state index in [2.05, 4.69) is 15.9 Å². The number of alkyl halides is 2. The van der Waals surface area contributed by atoms with E-state index in [0.29, 0.717) is 10.2 Å². The fourth-order valence-corrected chi connectivity index (χ4v) is 1.80. The molecule has 0 aliphatic heterocycles. The number of halogens is 3. The van der Waals surface area contributed by atoms with E-state index in [1.165, 1.54) is 6.07 Å². The Morgan fingerprint density at radius 1 is 1.56 bits per heavy atom. The first-order valence-electron chi connectivity index (χ1n) is 4.89. The normalized spacial score (nSPS) is 12.5. The highest BCUT2D eigenvalue weighted by atomic mass is 79.9. The Labute approximate surface area is 109 Å². The average Bonchev–Trinajstić information content (AvgIpc) is 2.56. The third-order valence-corrected chi connectivity index (χ3v) is 2.50. The van der Waals surface area contributed by atoms with Gasteiger partial charge < -0.3 is 14.8 Å². The molecule has 18 heavy (non-hydrogen) atoms. The second kappa shape index (κ2) is 5.94. The minimum absolute atomic E-state index is 0.109. The number of carbonyl (C=O) groups is 2. The Bertz CT molecular complexity index is 461. The number of amides is 1. The molecule has 0 radical (unpaired) electrons. The van der Waals surface area contributed by atoms with Crippen LogP contribution in [0.2, 0.25) is 0 Å². The molecule has 0 spiro atoms. The molecule has 8 heteroatoms. The fraction of sp³-hybridized carbons (Fsp3) is 0.400. The molecule has 2 N–H and O–H groups in total. The van der Waals surface area contributed by atoms with Gasteiger partial charge in [0.25, 0.3) is 5.91 Å². The maximum Gasteiger partial charge on any atom is 0.326 e. The van der Waals surface area contributed by atoms with Crippen LogP contribution in [0, 0.1) is 6.92 Å². The van der Waals surface area contributed by atoms with Gasteiger partial charge in [-0.25, -0.2) is 13.6 Å². The van der Waals surface area contributed by atoms with E-state index in [1.54, 1.807) is 6.92 Å². The molecule has 1 aromatic rings. The zero-order chi connectivity index (χ0) is 13.9. The van der Waals surface area contributed by atoms with Crippen LogP contribution in [-0.4, -0.2) is 29.5 Å². The summed E-state index contributed by atoms with van der Waals surface area (Å²) >= 11 is 3.00. The van der Waals surface area contributed by atoms with Crippen molar-refractivity contribution >= 4 is 27.8 Å². The SMILES string of the molecule is Cc1cc(Br)oc1C(=O)NC(CC(F)F)C(=O)O. The van der Waals surface area contributed by atoms with E-state index >= 15 is 0 Å². The molecule has 100 valence electrons. The van der Waals surface area contributed by atoms with E-state index in [-0.39, 0.29) is 5.76 Å². The number of rotatable bonds is 5. The van der Waals surface area contributed by atoms with Gasteiger partial charge in [0.05, 0.1) is 0 Å². The first-order chi connectivity index (χ1) is 8.31. The summed E-state index contributed by atoms with van der Waals surface area (Å²) in [6.07, 6.45) is -3.78. The van der Waals surface area contributed by atoms with Crippen molar-refractivity contribution in [2.75, 3.05) is 0 Å². The average molecular weight is 326 g/mol. The highest BCUT2D eigenvalue weighted by Gasteiger charge is 2.26. The zero-order valence-corrected chi connectivity index (χ0v) is 10.8. The third-order valence-electron chi connectivity index (χ3n) is 2.11. The van der Waals surface area contributed by atoms with E-state index < -0.39 is 30.8 Å². The molecule has 0 fully saturated rings. The Hall–Kier alpha value is -1.44. The minimum Gasteiger partial charge on any atom is -0.480 e. The van der Waals surface area contributed by atoms with Gasteiger partial charge in [0.2, 0.25) is 6.43 Å². The number of hydrogen-bond donors (Lipinski definition) is 2. The number of carboxylic acids is 1. The Balaban J connectivity index is 2.78. The lowest BCUT2D eigenvalue weighted by Gasteiger charge is -2.13. The number of aryl methyl sites for hydroxylation is 1. The summed E-state index contributed by atoms with van der Waals surface area (Å²) < 4.78 is 29.6. The van der Waals surface area contributed by atoms with Crippen LogP contribution < -0.4 is 5.32 Å². The van der Waals surface area contributed by atoms with Gasteiger partial charge in [0, 0.05) is 12.0 Å². The van der Waals surface area contributed by atoms with Gasteiger partial charge in [-0.2, -0.15) is 0 Å². The van der Waals surface area contributed by atoms with Crippen molar-refractivity contribution in [3.63, 3.8) is 0 Å². The summed E-state index contributed by atoms with van der Waals surface area (Å²) in [7, 11) is 0. The molecule has 0 aliphatic rings. The van der Waals surface area contributed by atoms with E-state index in [4.69, 9.17) is 9.52 Å². The second-order valence-corrected chi connectivity index (χ2v) is 4.34. The van der Waals surface area contributed by atoms with Crippen LogP contribution in [-0.2, 0) is 4.79 Å². The Morgan fingerprint density at radius 2 is 2.17 bits per heavy atom. The summed E-state index contributed by atoms with van der Waals surface area (Å²) in [5.41, 5.74) is 0.473. The topological polar surface area (TPSA) is 79.5 Å². The quantitative estimate of drug-likeness (QED) is 0.869. The zero-order valence-electron chi connectivity index (χ0n) is 9.25. The van der Waals surface area contributed by atoms with Crippen molar-refractivity contribution in [3.05, 3.63) is 22.1 Å². The molecule has 1 heterocycles. The van der Waals surface area contributed by atoms with Crippen molar-refractivity contribution in [1.82, 2.24) is 5.32 Å². The summed E-state index contributed by atoms with van der Waals surface area (Å²) in [6, 6.07) is -0.140. The molecular formula is C10H10BrF2NO4. The standard InChI is InChI=1S/C10H10BrF2NO4/c1-4-2-6(11)18-8(4)9(15)14-5(10(16)17)3-7(12)13/h2,5,7H,3H2,1H3,(H,14,15)(H,16,17). The van der Waals surface area contributed by atoms with Gasteiger partial charge in [0.1, 0.15) is 6.04 Å². The van der Waals surface area contributed by atoms with Crippen molar-refractivity contribution in [2.45, 2.75) is 25.8 Å². The van der Waals surface area contributed by atoms with Crippen LogP contribution >= 0.6 is 15.9 Å². The molecule has 5 nitrogen and oxygen atoms in total. The number of carboxylic acid groups (broad SMARTS) is 1. The maximum absolute atomic E-state index is 12.1. The minimum atomic E-state index is -2.82. The van der Waals surface area contributed by atoms with Crippen LogP contribution in [0.3, 0.4) is 0 Å². The monoisotopic (exact) mass is 325 g/mol. The maximum atomic E-state index is 12.1. The summed E-state index contributed by atoms with van der Waals surface area (Å²) in [4.78, 5) is 22.3. The third kappa shape index (κ3) is 3.80. The van der Waals surface area contributed by atoms with E-state index in [1.807, 2.05) is 5.32 Å². The summed E-state index contributed by atoms with van der Waals surface area (Å²) in [6.45, 7) is 1.58. The van der Waals surface area contributed by atoms with Crippen LogP contribution in [0.25, 0.3) is 0 Å². The largest absolute Gasteiger partial charge is 0.480 e. The van der Waals surface area contributed by atoms with E-state index in [0.717, 1.165) is 0 Å². The van der Waals surface area contributed by atoms with Gasteiger partial charge in [0.15, 0.2) is 10.4 Å². The molecule has 1 amide bonds. The van der Waals surface area contributed by atoms with Gasteiger partial charge in [-0.15, -0.1) is 0 Å². The molecule has 0 saturated carbocycles. The number of nitrogens with one attached hydrogen (secondary N) is 1.